The second-order valence-electron chi connectivity index (χ2n) is 6.98. The molecule has 140 valence electrons. The molecule has 3 rings (SSSR count). The lowest BCUT2D eigenvalue weighted by Crippen LogP contribution is -2.42. The van der Waals surface area contributed by atoms with Gasteiger partial charge in [0, 0.05) is 26.7 Å². The Kier molecular flexibility index (Phi) is 6.86. The van der Waals surface area contributed by atoms with Crippen molar-refractivity contribution in [1.29, 1.82) is 0 Å². The number of hydrogen-bond donors (Lipinski definition) is 2. The van der Waals surface area contributed by atoms with Crippen molar-refractivity contribution in [3.8, 4) is 0 Å². The summed E-state index contributed by atoms with van der Waals surface area (Å²) >= 11 is 0. The van der Waals surface area contributed by atoms with E-state index >= 15 is 0 Å². The number of methoxy groups -OCH3 is 1. The molecule has 2 aromatic carbocycles. The molecule has 0 saturated carbocycles. The number of amides is 2. The molecule has 5 nitrogen and oxygen atoms in total. The maximum Gasteiger partial charge on any atom is 0.315 e. The van der Waals surface area contributed by atoms with Crippen LogP contribution < -0.4 is 10.6 Å². The summed E-state index contributed by atoms with van der Waals surface area (Å²) in [6, 6.07) is 14.4. The van der Waals surface area contributed by atoms with E-state index in [2.05, 4.69) is 39.8 Å². The fourth-order valence-electron chi connectivity index (χ4n) is 3.56. The van der Waals surface area contributed by atoms with Gasteiger partial charge in [-0.3, -0.25) is 0 Å². The standard InChI is InChI=1S/C21H29N3O2/c1-26-14-13-24-11-9-17(10-12-24)15-22-21(25)23-16-19-7-4-6-18-5-2-3-8-20(18)19/h2-8,17H,9-16H2,1H3,(H2,22,23,25). The number of hydrogen-bond acceptors (Lipinski definition) is 3. The third kappa shape index (κ3) is 5.19. The maximum atomic E-state index is 12.2. The van der Waals surface area contributed by atoms with Crippen LogP contribution in [0.1, 0.15) is 18.4 Å². The minimum atomic E-state index is -0.0836. The van der Waals surface area contributed by atoms with Crippen molar-refractivity contribution in [2.45, 2.75) is 19.4 Å². The van der Waals surface area contributed by atoms with Crippen LogP contribution in [0.2, 0.25) is 0 Å². The number of carbonyl (C=O) groups is 1. The summed E-state index contributed by atoms with van der Waals surface area (Å²) in [4.78, 5) is 14.6. The minimum absolute atomic E-state index is 0.0836. The van der Waals surface area contributed by atoms with E-state index in [0.29, 0.717) is 12.5 Å². The molecule has 2 amide bonds. The first-order valence-electron chi connectivity index (χ1n) is 9.46. The Bertz CT molecular complexity index is 706. The van der Waals surface area contributed by atoms with E-state index in [0.717, 1.165) is 51.2 Å². The number of carbonyl (C=O) groups excluding carboxylic acids is 1. The molecule has 0 aliphatic carbocycles. The van der Waals surface area contributed by atoms with Gasteiger partial charge in [0.1, 0.15) is 0 Å². The Hall–Kier alpha value is -2.11. The molecule has 1 saturated heterocycles. The normalized spacial score (nSPS) is 15.9. The molecule has 1 aliphatic rings. The second-order valence-corrected chi connectivity index (χ2v) is 6.98. The molecule has 0 spiro atoms. The first kappa shape index (κ1) is 18.7. The predicted molar refractivity (Wildman–Crippen MR) is 105 cm³/mol. The van der Waals surface area contributed by atoms with Crippen molar-refractivity contribution < 1.29 is 9.53 Å². The lowest BCUT2D eigenvalue weighted by molar-refractivity contribution is 0.120. The van der Waals surface area contributed by atoms with E-state index in [1.807, 2.05) is 18.2 Å². The van der Waals surface area contributed by atoms with Gasteiger partial charge in [-0.05, 0) is 48.2 Å². The van der Waals surface area contributed by atoms with E-state index < -0.39 is 0 Å². The Balaban J connectivity index is 1.40. The fourth-order valence-corrected chi connectivity index (χ4v) is 3.56. The van der Waals surface area contributed by atoms with Crippen LogP contribution >= 0.6 is 0 Å². The summed E-state index contributed by atoms with van der Waals surface area (Å²) in [5.74, 6) is 0.567. The van der Waals surface area contributed by atoms with Crippen molar-refractivity contribution in [3.05, 3.63) is 48.0 Å². The zero-order valence-electron chi connectivity index (χ0n) is 15.5. The molecule has 0 aromatic heterocycles. The smallest absolute Gasteiger partial charge is 0.315 e. The Morgan fingerprint density at radius 1 is 1.12 bits per heavy atom. The molecule has 0 bridgehead atoms. The molecule has 1 aliphatic heterocycles. The van der Waals surface area contributed by atoms with Gasteiger partial charge in [-0.2, -0.15) is 0 Å². The zero-order chi connectivity index (χ0) is 18.2. The first-order valence-corrected chi connectivity index (χ1v) is 9.46. The number of nitrogens with zero attached hydrogens (tertiary/aromatic N) is 1. The maximum absolute atomic E-state index is 12.2. The number of nitrogens with one attached hydrogen (secondary N) is 2. The number of likely N-dealkylation sites (tertiary alicyclic amines) is 1. The van der Waals surface area contributed by atoms with Crippen molar-refractivity contribution in [1.82, 2.24) is 15.5 Å². The topological polar surface area (TPSA) is 53.6 Å². The van der Waals surface area contributed by atoms with Gasteiger partial charge in [-0.15, -0.1) is 0 Å². The summed E-state index contributed by atoms with van der Waals surface area (Å²) in [6.45, 7) is 5.27. The number of fused-ring (bicyclic) bond motifs is 1. The SMILES string of the molecule is COCCN1CCC(CNC(=O)NCc2cccc3ccccc23)CC1. The molecule has 1 fully saturated rings. The average Bonchev–Trinajstić information content (AvgIpc) is 2.70. The van der Waals surface area contributed by atoms with Gasteiger partial charge in [-0.25, -0.2) is 4.79 Å². The summed E-state index contributed by atoms with van der Waals surface area (Å²) in [5.41, 5.74) is 1.14. The van der Waals surface area contributed by atoms with Crippen molar-refractivity contribution in [2.75, 3.05) is 39.9 Å². The Morgan fingerprint density at radius 2 is 1.88 bits per heavy atom. The van der Waals surface area contributed by atoms with E-state index in [-0.39, 0.29) is 6.03 Å². The zero-order valence-corrected chi connectivity index (χ0v) is 15.5. The lowest BCUT2D eigenvalue weighted by Gasteiger charge is -2.31. The van der Waals surface area contributed by atoms with Crippen LogP contribution in [0.15, 0.2) is 42.5 Å². The van der Waals surface area contributed by atoms with Crippen molar-refractivity contribution >= 4 is 16.8 Å². The molecule has 0 atom stereocenters. The van der Waals surface area contributed by atoms with E-state index in [9.17, 15) is 4.79 Å². The molecule has 1 heterocycles. The fraction of sp³-hybridized carbons (Fsp3) is 0.476. The third-order valence-electron chi connectivity index (χ3n) is 5.19. The molecule has 2 N–H and O–H groups in total. The largest absolute Gasteiger partial charge is 0.383 e. The van der Waals surface area contributed by atoms with Gasteiger partial charge in [0.15, 0.2) is 0 Å². The summed E-state index contributed by atoms with van der Waals surface area (Å²) in [6.07, 6.45) is 2.26. The number of urea groups is 1. The Morgan fingerprint density at radius 3 is 2.69 bits per heavy atom. The van der Waals surface area contributed by atoms with Crippen LogP contribution in [-0.4, -0.2) is 50.8 Å². The highest BCUT2D eigenvalue weighted by Crippen LogP contribution is 2.18. The van der Waals surface area contributed by atoms with E-state index in [1.54, 1.807) is 7.11 Å². The lowest BCUT2D eigenvalue weighted by atomic mass is 9.97. The van der Waals surface area contributed by atoms with E-state index in [4.69, 9.17) is 4.74 Å². The summed E-state index contributed by atoms with van der Waals surface area (Å²) in [5, 5.41) is 8.42. The quantitative estimate of drug-likeness (QED) is 0.803. The molecule has 26 heavy (non-hydrogen) atoms. The van der Waals surface area contributed by atoms with Gasteiger partial charge < -0.3 is 20.3 Å². The number of piperidine rings is 1. The number of ether oxygens (including phenoxy) is 1. The first-order chi connectivity index (χ1) is 12.8. The van der Waals surface area contributed by atoms with Gasteiger partial charge in [0.05, 0.1) is 6.61 Å². The van der Waals surface area contributed by atoms with Gasteiger partial charge in [-0.1, -0.05) is 42.5 Å². The second kappa shape index (κ2) is 9.55. The number of benzene rings is 2. The van der Waals surface area contributed by atoms with Crippen LogP contribution in [-0.2, 0) is 11.3 Å². The van der Waals surface area contributed by atoms with Gasteiger partial charge in [0.25, 0.3) is 0 Å². The van der Waals surface area contributed by atoms with Crippen molar-refractivity contribution in [3.63, 3.8) is 0 Å². The molecule has 0 radical (unpaired) electrons. The number of rotatable bonds is 7. The molecular weight excluding hydrogens is 326 g/mol. The summed E-state index contributed by atoms with van der Waals surface area (Å²) < 4.78 is 5.13. The average molecular weight is 355 g/mol. The molecular formula is C21H29N3O2. The van der Waals surface area contributed by atoms with Gasteiger partial charge >= 0.3 is 6.03 Å². The third-order valence-corrected chi connectivity index (χ3v) is 5.19. The molecule has 0 unspecified atom stereocenters. The van der Waals surface area contributed by atoms with Crippen LogP contribution in [0.3, 0.4) is 0 Å². The highest BCUT2D eigenvalue weighted by atomic mass is 16.5. The van der Waals surface area contributed by atoms with Crippen LogP contribution in [0, 0.1) is 5.92 Å². The summed E-state index contributed by atoms with van der Waals surface area (Å²) in [7, 11) is 1.74. The van der Waals surface area contributed by atoms with Gasteiger partial charge in [0.2, 0.25) is 0 Å². The Labute approximate surface area is 155 Å². The van der Waals surface area contributed by atoms with Crippen LogP contribution in [0.4, 0.5) is 4.79 Å². The van der Waals surface area contributed by atoms with E-state index in [1.165, 1.54) is 10.8 Å². The molecule has 2 aromatic rings. The molecule has 5 heteroatoms. The minimum Gasteiger partial charge on any atom is -0.383 e. The highest BCUT2D eigenvalue weighted by molar-refractivity contribution is 5.86. The predicted octanol–water partition coefficient (Wildman–Crippen LogP) is 3.00. The highest BCUT2D eigenvalue weighted by Gasteiger charge is 2.19. The van der Waals surface area contributed by atoms with Crippen molar-refractivity contribution in [2.24, 2.45) is 5.92 Å². The van der Waals surface area contributed by atoms with Crippen LogP contribution in [0.25, 0.3) is 10.8 Å². The van der Waals surface area contributed by atoms with Crippen LogP contribution in [0.5, 0.6) is 0 Å². The monoisotopic (exact) mass is 355 g/mol.